The molecule has 0 spiro atoms. The van der Waals surface area contributed by atoms with Gasteiger partial charge in [0.2, 0.25) is 0 Å². The number of nitrogens with zero attached hydrogens (tertiary/aromatic N) is 4. The third kappa shape index (κ3) is 1.90. The minimum atomic E-state index is 0.141. The molecule has 1 saturated heterocycles. The Balaban J connectivity index is 2.19. The van der Waals surface area contributed by atoms with E-state index in [9.17, 15) is 0 Å². The summed E-state index contributed by atoms with van der Waals surface area (Å²) in [6, 6.07) is 2.07. The normalized spacial score (nSPS) is 20.3. The maximum absolute atomic E-state index is 9.16. The van der Waals surface area contributed by atoms with E-state index in [1.807, 2.05) is 11.0 Å². The second-order valence-electron chi connectivity index (χ2n) is 3.54. The first-order valence-electron chi connectivity index (χ1n) is 4.95. The molecule has 1 aromatic heterocycles. The average molecular weight is 204 g/mol. The summed E-state index contributed by atoms with van der Waals surface area (Å²) >= 11 is 0. The van der Waals surface area contributed by atoms with Gasteiger partial charge in [0.25, 0.3) is 0 Å². The van der Waals surface area contributed by atoms with Gasteiger partial charge in [0.15, 0.2) is 5.69 Å². The number of nitriles is 1. The average Bonchev–Trinajstić information content (AvgIpc) is 2.77. The van der Waals surface area contributed by atoms with E-state index in [-0.39, 0.29) is 12.6 Å². The number of aliphatic hydroxyl groups is 1. The monoisotopic (exact) mass is 204 g/mol. The highest BCUT2D eigenvalue weighted by atomic mass is 16.3. The summed E-state index contributed by atoms with van der Waals surface area (Å²) in [5, 5.41) is 17.7. The Morgan fingerprint density at radius 2 is 2.40 bits per heavy atom. The van der Waals surface area contributed by atoms with Crippen molar-refractivity contribution in [1.82, 2.24) is 9.97 Å². The Morgan fingerprint density at radius 1 is 1.53 bits per heavy atom. The lowest BCUT2D eigenvalue weighted by molar-refractivity contribution is 0.266. The Morgan fingerprint density at radius 3 is 3.00 bits per heavy atom. The van der Waals surface area contributed by atoms with Gasteiger partial charge in [-0.3, -0.25) is 0 Å². The van der Waals surface area contributed by atoms with Crippen molar-refractivity contribution in [1.29, 1.82) is 5.26 Å². The van der Waals surface area contributed by atoms with Crippen LogP contribution in [0.5, 0.6) is 0 Å². The van der Waals surface area contributed by atoms with Crippen LogP contribution in [-0.2, 0) is 0 Å². The van der Waals surface area contributed by atoms with E-state index >= 15 is 0 Å². The van der Waals surface area contributed by atoms with Crippen molar-refractivity contribution in [3.8, 4) is 6.07 Å². The summed E-state index contributed by atoms with van der Waals surface area (Å²) in [5.41, 5.74) is 0.318. The molecule has 1 unspecified atom stereocenters. The summed E-state index contributed by atoms with van der Waals surface area (Å²) in [4.78, 5) is 10.2. The lowest BCUT2D eigenvalue weighted by Gasteiger charge is -2.23. The molecule has 5 heteroatoms. The molecule has 0 aromatic carbocycles. The summed E-state index contributed by atoms with van der Waals surface area (Å²) < 4.78 is 0. The van der Waals surface area contributed by atoms with Crippen molar-refractivity contribution in [3.05, 3.63) is 18.1 Å². The highest BCUT2D eigenvalue weighted by molar-refractivity contribution is 5.39. The molecule has 1 fully saturated rings. The van der Waals surface area contributed by atoms with Gasteiger partial charge >= 0.3 is 0 Å². The summed E-state index contributed by atoms with van der Waals surface area (Å²) in [6.07, 6.45) is 5.10. The topological polar surface area (TPSA) is 73.0 Å². The predicted octanol–water partition coefficient (Wildman–Crippen LogP) is 0.309. The fourth-order valence-corrected chi connectivity index (χ4v) is 1.85. The largest absolute Gasteiger partial charge is 0.394 e. The van der Waals surface area contributed by atoms with Crippen molar-refractivity contribution in [3.63, 3.8) is 0 Å². The molecule has 1 aliphatic rings. The first kappa shape index (κ1) is 9.87. The number of anilines is 1. The minimum Gasteiger partial charge on any atom is -0.394 e. The molecule has 1 N–H and O–H groups in total. The summed E-state index contributed by atoms with van der Waals surface area (Å²) in [5.74, 6) is 0.741. The highest BCUT2D eigenvalue weighted by Crippen LogP contribution is 2.22. The molecule has 1 aliphatic heterocycles. The Kier molecular flexibility index (Phi) is 2.79. The van der Waals surface area contributed by atoms with Gasteiger partial charge in [0, 0.05) is 6.54 Å². The van der Waals surface area contributed by atoms with Crippen LogP contribution in [0.1, 0.15) is 18.5 Å². The van der Waals surface area contributed by atoms with Crippen LogP contribution in [-0.4, -0.2) is 34.3 Å². The molecule has 1 atom stereocenters. The zero-order valence-corrected chi connectivity index (χ0v) is 8.30. The number of aliphatic hydroxyl groups excluding tert-OH is 1. The SMILES string of the molecule is N#Cc1cnc(N2CCCC2CO)cn1. The van der Waals surface area contributed by atoms with Crippen LogP contribution in [0.4, 0.5) is 5.82 Å². The van der Waals surface area contributed by atoms with Crippen LogP contribution in [0, 0.1) is 11.3 Å². The van der Waals surface area contributed by atoms with Gasteiger partial charge in [-0.05, 0) is 12.8 Å². The second-order valence-corrected chi connectivity index (χ2v) is 3.54. The van der Waals surface area contributed by atoms with Crippen LogP contribution in [0.25, 0.3) is 0 Å². The van der Waals surface area contributed by atoms with E-state index in [1.54, 1.807) is 6.20 Å². The zero-order valence-electron chi connectivity index (χ0n) is 8.30. The maximum Gasteiger partial charge on any atom is 0.158 e. The van der Waals surface area contributed by atoms with Gasteiger partial charge < -0.3 is 10.0 Å². The van der Waals surface area contributed by atoms with Crippen molar-refractivity contribution in [2.24, 2.45) is 0 Å². The smallest absolute Gasteiger partial charge is 0.158 e. The summed E-state index contributed by atoms with van der Waals surface area (Å²) in [6.45, 7) is 1.04. The lowest BCUT2D eigenvalue weighted by Crippen LogP contribution is -2.32. The minimum absolute atomic E-state index is 0.141. The van der Waals surface area contributed by atoms with Gasteiger partial charge in [0.05, 0.1) is 25.0 Å². The Bertz CT molecular complexity index is 370. The first-order valence-corrected chi connectivity index (χ1v) is 4.95. The van der Waals surface area contributed by atoms with Gasteiger partial charge in [-0.1, -0.05) is 0 Å². The van der Waals surface area contributed by atoms with E-state index < -0.39 is 0 Å². The molecule has 0 bridgehead atoms. The van der Waals surface area contributed by atoms with Gasteiger partial charge in [-0.15, -0.1) is 0 Å². The summed E-state index contributed by atoms with van der Waals surface area (Å²) in [7, 11) is 0. The van der Waals surface area contributed by atoms with Gasteiger partial charge in [-0.2, -0.15) is 5.26 Å². The number of hydrogen-bond donors (Lipinski definition) is 1. The molecule has 2 heterocycles. The first-order chi connectivity index (χ1) is 7.35. The van der Waals surface area contributed by atoms with Crippen LogP contribution < -0.4 is 4.90 Å². The molecule has 5 nitrogen and oxygen atoms in total. The fourth-order valence-electron chi connectivity index (χ4n) is 1.85. The molecule has 15 heavy (non-hydrogen) atoms. The molecule has 0 radical (unpaired) electrons. The van der Waals surface area contributed by atoms with E-state index in [1.165, 1.54) is 6.20 Å². The van der Waals surface area contributed by atoms with Crippen LogP contribution in [0.3, 0.4) is 0 Å². The van der Waals surface area contributed by atoms with Crippen molar-refractivity contribution >= 4 is 5.82 Å². The Hall–Kier alpha value is -1.67. The van der Waals surface area contributed by atoms with Crippen LogP contribution in [0.2, 0.25) is 0 Å². The predicted molar refractivity (Wildman–Crippen MR) is 54.2 cm³/mol. The van der Waals surface area contributed by atoms with Crippen LogP contribution >= 0.6 is 0 Å². The molecular weight excluding hydrogens is 192 g/mol. The fraction of sp³-hybridized carbons (Fsp3) is 0.500. The number of rotatable bonds is 2. The molecule has 0 aliphatic carbocycles. The van der Waals surface area contributed by atoms with E-state index in [2.05, 4.69) is 9.97 Å². The Labute approximate surface area is 88.0 Å². The molecule has 2 rings (SSSR count). The molecule has 0 amide bonds. The molecular formula is C10H12N4O. The highest BCUT2D eigenvalue weighted by Gasteiger charge is 2.24. The van der Waals surface area contributed by atoms with E-state index in [0.717, 1.165) is 25.2 Å². The third-order valence-electron chi connectivity index (χ3n) is 2.63. The van der Waals surface area contributed by atoms with Crippen molar-refractivity contribution in [2.45, 2.75) is 18.9 Å². The molecule has 0 saturated carbocycles. The zero-order chi connectivity index (χ0) is 10.7. The van der Waals surface area contributed by atoms with E-state index in [4.69, 9.17) is 10.4 Å². The molecule has 1 aromatic rings. The number of aromatic nitrogens is 2. The van der Waals surface area contributed by atoms with Crippen LogP contribution in [0.15, 0.2) is 12.4 Å². The molecule has 78 valence electrons. The van der Waals surface area contributed by atoms with Gasteiger partial charge in [0.1, 0.15) is 11.9 Å². The van der Waals surface area contributed by atoms with Crippen molar-refractivity contribution < 1.29 is 5.11 Å². The second kappa shape index (κ2) is 4.24. The number of hydrogen-bond acceptors (Lipinski definition) is 5. The third-order valence-corrected chi connectivity index (χ3v) is 2.63. The standard InChI is InChI=1S/C10H12N4O/c11-4-8-5-13-10(6-12-8)14-3-1-2-9(14)7-15/h5-6,9,15H,1-3,7H2. The maximum atomic E-state index is 9.16. The quantitative estimate of drug-likeness (QED) is 0.750. The van der Waals surface area contributed by atoms with Gasteiger partial charge in [-0.25, -0.2) is 9.97 Å². The lowest BCUT2D eigenvalue weighted by atomic mass is 10.2. The van der Waals surface area contributed by atoms with E-state index in [0.29, 0.717) is 5.69 Å². The van der Waals surface area contributed by atoms with Crippen molar-refractivity contribution in [2.75, 3.05) is 18.1 Å².